The third-order valence-electron chi connectivity index (χ3n) is 5.33. The molecular weight excluding hydrogens is 709 g/mol. The molecule has 0 amide bonds. The number of ether oxygens (including phenoxy) is 2. The Hall–Kier alpha value is -2.50. The van der Waals surface area contributed by atoms with Gasteiger partial charge in [-0.05, 0) is 94.9 Å². The minimum absolute atomic E-state index is 0.0886. The van der Waals surface area contributed by atoms with E-state index in [1.54, 1.807) is 32.1 Å². The lowest BCUT2D eigenvalue weighted by Gasteiger charge is -2.24. The van der Waals surface area contributed by atoms with Crippen molar-refractivity contribution >= 4 is 68.6 Å². The van der Waals surface area contributed by atoms with E-state index in [0.717, 1.165) is 7.14 Å². The number of fused-ring (bicyclic) bond motifs is 1. The first kappa shape index (κ1) is 26.6. The predicted octanol–water partition coefficient (Wildman–Crippen LogP) is 4.16. The highest BCUT2D eigenvalue weighted by atomic mass is 127. The van der Waals surface area contributed by atoms with E-state index >= 15 is 0 Å². The smallest absolute Gasteiger partial charge is 0.338 e. The Morgan fingerprint density at radius 2 is 2.03 bits per heavy atom. The number of hydrogen-bond donors (Lipinski definition) is 0. The average molecular weight is 728 g/mol. The third-order valence-corrected chi connectivity index (χ3v) is 7.73. The number of hydrogen-bond acceptors (Lipinski definition) is 6. The first-order valence-corrected chi connectivity index (χ1v) is 13.7. The van der Waals surface area contributed by atoms with Crippen LogP contribution in [0.1, 0.15) is 31.0 Å². The molecule has 0 saturated heterocycles. The maximum absolute atomic E-state index is 13.8. The number of thiazole rings is 1. The molecule has 4 rings (SSSR count). The van der Waals surface area contributed by atoms with Crippen LogP contribution in [-0.4, -0.2) is 23.8 Å². The number of aromatic nitrogens is 1. The molecule has 0 fully saturated rings. The highest BCUT2D eigenvalue weighted by Gasteiger charge is 2.33. The van der Waals surface area contributed by atoms with Crippen LogP contribution in [0.25, 0.3) is 6.08 Å². The van der Waals surface area contributed by atoms with Crippen LogP contribution >= 0.6 is 56.5 Å². The molecule has 0 N–H and O–H groups in total. The van der Waals surface area contributed by atoms with Gasteiger partial charge in [-0.15, -0.1) is 6.42 Å². The lowest BCUT2D eigenvalue weighted by Crippen LogP contribution is -2.39. The Labute approximate surface area is 237 Å². The molecule has 6 nitrogen and oxygen atoms in total. The van der Waals surface area contributed by atoms with Crippen molar-refractivity contribution in [3.8, 4) is 18.1 Å². The fourth-order valence-corrected chi connectivity index (χ4v) is 6.93. The molecule has 2 heterocycles. The summed E-state index contributed by atoms with van der Waals surface area (Å²) in [5.74, 6) is 2.06. The summed E-state index contributed by atoms with van der Waals surface area (Å²) >= 11 is 5.57. The summed E-state index contributed by atoms with van der Waals surface area (Å²) < 4.78 is 28.4. The van der Waals surface area contributed by atoms with Crippen LogP contribution in [-0.2, 0) is 9.53 Å². The van der Waals surface area contributed by atoms with E-state index in [4.69, 9.17) is 15.9 Å². The molecule has 2 aromatic carbocycles. The average Bonchev–Trinajstić information content (AvgIpc) is 3.12. The van der Waals surface area contributed by atoms with Crippen molar-refractivity contribution in [3.63, 3.8) is 0 Å². The monoisotopic (exact) mass is 728 g/mol. The van der Waals surface area contributed by atoms with Gasteiger partial charge in [0.05, 0.1) is 32.0 Å². The van der Waals surface area contributed by atoms with Crippen molar-refractivity contribution < 1.29 is 18.7 Å². The van der Waals surface area contributed by atoms with Crippen molar-refractivity contribution in [2.24, 2.45) is 4.99 Å². The summed E-state index contributed by atoms with van der Waals surface area (Å²) in [6.07, 6.45) is 7.12. The largest absolute Gasteiger partial charge is 0.479 e. The van der Waals surface area contributed by atoms with Gasteiger partial charge in [0.1, 0.15) is 18.2 Å². The molecule has 0 saturated carbocycles. The second-order valence-electron chi connectivity index (χ2n) is 7.65. The maximum atomic E-state index is 13.8. The van der Waals surface area contributed by atoms with Gasteiger partial charge < -0.3 is 9.47 Å². The number of halogens is 3. The first-order valence-electron chi connectivity index (χ1n) is 10.8. The Morgan fingerprint density at radius 1 is 1.31 bits per heavy atom. The summed E-state index contributed by atoms with van der Waals surface area (Å²) in [7, 11) is 0. The fourth-order valence-electron chi connectivity index (χ4n) is 3.85. The third kappa shape index (κ3) is 5.28. The molecule has 36 heavy (non-hydrogen) atoms. The van der Waals surface area contributed by atoms with Gasteiger partial charge >= 0.3 is 5.97 Å². The highest BCUT2D eigenvalue weighted by Crippen LogP contribution is 2.31. The summed E-state index contributed by atoms with van der Waals surface area (Å²) in [4.78, 5) is 31.7. The number of carbonyl (C=O) groups excluding carboxylic acids is 1. The van der Waals surface area contributed by atoms with Gasteiger partial charge in [-0.25, -0.2) is 14.2 Å². The number of allylic oxidation sites excluding steroid dienone is 1. The molecule has 184 valence electrons. The van der Waals surface area contributed by atoms with Gasteiger partial charge in [-0.2, -0.15) is 0 Å². The zero-order chi connectivity index (χ0) is 26.0. The SMILES string of the molecule is C#CCOc1c(I)cc(I)cc1/C=c1\sc2n(c1=O)[C@@H](c1ccc(F)cc1)C(C(=O)OCC)=C(C)N=2. The number of esters is 1. The number of carbonyl (C=O) groups is 1. The number of rotatable bonds is 6. The van der Waals surface area contributed by atoms with Crippen molar-refractivity contribution in [2.45, 2.75) is 19.9 Å². The summed E-state index contributed by atoms with van der Waals surface area (Å²) in [6, 6.07) is 8.76. The van der Waals surface area contributed by atoms with Crippen LogP contribution in [0.2, 0.25) is 0 Å². The van der Waals surface area contributed by atoms with Crippen LogP contribution in [0.3, 0.4) is 0 Å². The minimum atomic E-state index is -0.809. The highest BCUT2D eigenvalue weighted by molar-refractivity contribution is 14.1. The van der Waals surface area contributed by atoms with Gasteiger partial charge in [0.2, 0.25) is 0 Å². The molecule has 1 atom stereocenters. The van der Waals surface area contributed by atoms with Crippen LogP contribution in [0.15, 0.2) is 57.5 Å². The van der Waals surface area contributed by atoms with Gasteiger partial charge in [0.15, 0.2) is 4.80 Å². The lowest BCUT2D eigenvalue weighted by atomic mass is 9.96. The molecule has 10 heteroatoms. The second-order valence-corrected chi connectivity index (χ2v) is 11.1. The molecule has 1 aliphatic heterocycles. The van der Waals surface area contributed by atoms with Crippen LogP contribution in [0.5, 0.6) is 5.75 Å². The van der Waals surface area contributed by atoms with E-state index in [2.05, 4.69) is 56.1 Å². The molecule has 0 unspecified atom stereocenters. The van der Waals surface area contributed by atoms with Gasteiger partial charge in [0.25, 0.3) is 5.56 Å². The van der Waals surface area contributed by atoms with Crippen molar-refractivity contribution in [1.82, 2.24) is 4.57 Å². The van der Waals surface area contributed by atoms with Crippen molar-refractivity contribution in [2.75, 3.05) is 13.2 Å². The summed E-state index contributed by atoms with van der Waals surface area (Å²) in [6.45, 7) is 3.67. The molecular formula is C26H19FI2N2O4S. The second kappa shape index (κ2) is 11.3. The van der Waals surface area contributed by atoms with E-state index in [-0.39, 0.29) is 24.3 Å². The Bertz CT molecular complexity index is 1600. The van der Waals surface area contributed by atoms with E-state index in [0.29, 0.717) is 31.9 Å². The first-order chi connectivity index (χ1) is 17.2. The molecule has 1 aromatic heterocycles. The minimum Gasteiger partial charge on any atom is -0.479 e. The van der Waals surface area contributed by atoms with Crippen LogP contribution in [0.4, 0.5) is 4.39 Å². The summed E-state index contributed by atoms with van der Waals surface area (Å²) in [5.41, 5.74) is 1.62. The Balaban J connectivity index is 1.96. The maximum Gasteiger partial charge on any atom is 0.338 e. The van der Waals surface area contributed by atoms with E-state index in [1.807, 2.05) is 12.1 Å². The molecule has 0 spiro atoms. The van der Waals surface area contributed by atoms with Crippen LogP contribution in [0, 0.1) is 25.3 Å². The van der Waals surface area contributed by atoms with E-state index in [1.165, 1.54) is 28.0 Å². The molecule has 0 radical (unpaired) electrons. The zero-order valence-electron chi connectivity index (χ0n) is 19.2. The van der Waals surface area contributed by atoms with E-state index < -0.39 is 17.8 Å². The lowest BCUT2D eigenvalue weighted by molar-refractivity contribution is -0.139. The molecule has 3 aromatic rings. The predicted molar refractivity (Wildman–Crippen MR) is 153 cm³/mol. The molecule has 0 aliphatic carbocycles. The Kier molecular flexibility index (Phi) is 8.31. The summed E-state index contributed by atoms with van der Waals surface area (Å²) in [5, 5.41) is 0. The quantitative estimate of drug-likeness (QED) is 0.218. The topological polar surface area (TPSA) is 69.9 Å². The van der Waals surface area contributed by atoms with Crippen molar-refractivity contribution in [3.05, 3.63) is 91.4 Å². The standard InChI is InChI=1S/C26H19FI2N2O4S/c1-4-10-35-23-16(11-18(28)13-19(23)29)12-20-24(32)31-22(15-6-8-17(27)9-7-15)21(25(33)34-5-2)14(3)30-26(31)36-20/h1,6-9,11-13,22H,5,10H2,2-3H3/b20-12-/t22-/m0/s1. The van der Waals surface area contributed by atoms with Crippen molar-refractivity contribution in [1.29, 1.82) is 0 Å². The fraction of sp³-hybridized carbons (Fsp3) is 0.192. The zero-order valence-corrected chi connectivity index (χ0v) is 24.3. The number of nitrogens with zero attached hydrogens (tertiary/aromatic N) is 2. The van der Waals surface area contributed by atoms with Gasteiger partial charge in [-0.3, -0.25) is 9.36 Å². The van der Waals surface area contributed by atoms with Gasteiger partial charge in [-0.1, -0.05) is 29.4 Å². The molecule has 0 bridgehead atoms. The molecule has 1 aliphatic rings. The number of terminal acetylenes is 1. The van der Waals surface area contributed by atoms with Crippen LogP contribution < -0.4 is 19.6 Å². The normalized spacial score (nSPS) is 15.2. The Morgan fingerprint density at radius 3 is 2.69 bits per heavy atom. The van der Waals surface area contributed by atoms with E-state index in [9.17, 15) is 14.0 Å². The van der Waals surface area contributed by atoms with Gasteiger partial charge in [0, 0.05) is 9.13 Å². The number of benzene rings is 2.